The van der Waals surface area contributed by atoms with Gasteiger partial charge in [0.05, 0.1) is 30.8 Å². The van der Waals surface area contributed by atoms with Crippen molar-refractivity contribution in [3.05, 3.63) is 52.8 Å². The summed E-state index contributed by atoms with van der Waals surface area (Å²) in [6.45, 7) is 6.73. The lowest BCUT2D eigenvalue weighted by Crippen LogP contribution is -2.53. The SMILES string of the molecule is CC1(C)CC(=O)C2=C(C1)N(N1CCOCC1)C(N)=C(C#N)[C@@H]2c1cccnc1. The Morgan fingerprint density at radius 1 is 1.32 bits per heavy atom. The molecule has 0 radical (unpaired) electrons. The van der Waals surface area contributed by atoms with Crippen LogP contribution in [0.15, 0.2) is 47.2 Å². The molecule has 2 aliphatic heterocycles. The fourth-order valence-electron chi connectivity index (χ4n) is 4.45. The lowest BCUT2D eigenvalue weighted by molar-refractivity contribution is -0.119. The van der Waals surface area contributed by atoms with Gasteiger partial charge in [-0.2, -0.15) is 5.26 Å². The van der Waals surface area contributed by atoms with E-state index in [9.17, 15) is 10.1 Å². The summed E-state index contributed by atoms with van der Waals surface area (Å²) in [4.78, 5) is 17.5. The van der Waals surface area contributed by atoms with Crippen LogP contribution < -0.4 is 5.73 Å². The minimum absolute atomic E-state index is 0.0820. The monoisotopic (exact) mass is 379 g/mol. The number of pyridine rings is 1. The van der Waals surface area contributed by atoms with E-state index in [0.29, 0.717) is 49.7 Å². The number of hydrogen-bond acceptors (Lipinski definition) is 7. The molecule has 2 N–H and O–H groups in total. The highest BCUT2D eigenvalue weighted by Gasteiger charge is 2.45. The normalized spacial score (nSPS) is 25.5. The molecule has 1 atom stereocenters. The smallest absolute Gasteiger partial charge is 0.162 e. The van der Waals surface area contributed by atoms with Crippen molar-refractivity contribution in [3.63, 3.8) is 0 Å². The number of ether oxygens (including phenoxy) is 1. The number of hydrogen-bond donors (Lipinski definition) is 1. The molecule has 0 bridgehead atoms. The van der Waals surface area contributed by atoms with Gasteiger partial charge in [0.15, 0.2) is 5.78 Å². The summed E-state index contributed by atoms with van der Waals surface area (Å²) in [5, 5.41) is 14.0. The predicted molar refractivity (Wildman–Crippen MR) is 103 cm³/mol. The van der Waals surface area contributed by atoms with Gasteiger partial charge < -0.3 is 10.5 Å². The Bertz CT molecular complexity index is 891. The van der Waals surface area contributed by atoms with Gasteiger partial charge in [0, 0.05) is 43.2 Å². The van der Waals surface area contributed by atoms with Crippen molar-refractivity contribution in [2.24, 2.45) is 11.1 Å². The van der Waals surface area contributed by atoms with Crippen LogP contribution in [0.2, 0.25) is 0 Å². The number of rotatable bonds is 2. The van der Waals surface area contributed by atoms with Crippen LogP contribution in [0.4, 0.5) is 0 Å². The molecule has 3 heterocycles. The highest BCUT2D eigenvalue weighted by atomic mass is 16.5. The van der Waals surface area contributed by atoms with Gasteiger partial charge in [-0.15, -0.1) is 0 Å². The van der Waals surface area contributed by atoms with Crippen molar-refractivity contribution in [2.75, 3.05) is 26.3 Å². The number of nitrogens with zero attached hydrogens (tertiary/aromatic N) is 4. The predicted octanol–water partition coefficient (Wildman–Crippen LogP) is 2.07. The number of aromatic nitrogens is 1. The Kier molecular flexibility index (Phi) is 4.69. The molecule has 0 unspecified atom stereocenters. The zero-order chi connectivity index (χ0) is 19.9. The highest BCUT2D eigenvalue weighted by molar-refractivity contribution is 6.00. The summed E-state index contributed by atoms with van der Waals surface area (Å²) in [7, 11) is 0. The first-order valence-electron chi connectivity index (χ1n) is 9.61. The molecule has 0 spiro atoms. The van der Waals surface area contributed by atoms with E-state index < -0.39 is 5.92 Å². The van der Waals surface area contributed by atoms with Crippen molar-refractivity contribution in [1.29, 1.82) is 5.26 Å². The molecule has 0 amide bonds. The second kappa shape index (κ2) is 7.04. The first-order valence-corrected chi connectivity index (χ1v) is 9.61. The van der Waals surface area contributed by atoms with Crippen LogP contribution >= 0.6 is 0 Å². The molecule has 1 aromatic rings. The van der Waals surface area contributed by atoms with Gasteiger partial charge in [0.25, 0.3) is 0 Å². The Morgan fingerprint density at radius 2 is 2.07 bits per heavy atom. The third-order valence-electron chi connectivity index (χ3n) is 5.64. The van der Waals surface area contributed by atoms with Crippen molar-refractivity contribution in [1.82, 2.24) is 15.0 Å². The molecule has 1 saturated heterocycles. The van der Waals surface area contributed by atoms with E-state index in [1.807, 2.05) is 17.1 Å². The molecule has 0 aromatic carbocycles. The van der Waals surface area contributed by atoms with E-state index >= 15 is 0 Å². The highest BCUT2D eigenvalue weighted by Crippen LogP contribution is 2.49. The maximum absolute atomic E-state index is 13.3. The maximum Gasteiger partial charge on any atom is 0.162 e. The van der Waals surface area contributed by atoms with Gasteiger partial charge in [-0.05, 0) is 23.5 Å². The Balaban J connectivity index is 1.91. The minimum Gasteiger partial charge on any atom is -0.383 e. The molecule has 3 aliphatic rings. The van der Waals surface area contributed by atoms with Crippen molar-refractivity contribution in [2.45, 2.75) is 32.6 Å². The van der Waals surface area contributed by atoms with Gasteiger partial charge in [0.1, 0.15) is 5.82 Å². The number of nitrogens with two attached hydrogens (primary N) is 1. The Hall–Kier alpha value is -2.69. The second-order valence-corrected chi connectivity index (χ2v) is 8.31. The summed E-state index contributed by atoms with van der Waals surface area (Å²) in [6, 6.07) is 6.02. The van der Waals surface area contributed by atoms with Crippen molar-refractivity contribution in [3.8, 4) is 6.07 Å². The lowest BCUT2D eigenvalue weighted by Gasteiger charge is -2.48. The van der Waals surface area contributed by atoms with Crippen LogP contribution in [0, 0.1) is 16.7 Å². The number of hydrazine groups is 1. The average Bonchev–Trinajstić information content (AvgIpc) is 2.67. The fraction of sp³-hybridized carbons (Fsp3) is 0.476. The zero-order valence-corrected chi connectivity index (χ0v) is 16.3. The van der Waals surface area contributed by atoms with E-state index in [2.05, 4.69) is 29.9 Å². The maximum atomic E-state index is 13.3. The first kappa shape index (κ1) is 18.7. The van der Waals surface area contributed by atoms with Gasteiger partial charge in [-0.3, -0.25) is 14.8 Å². The van der Waals surface area contributed by atoms with E-state index in [0.717, 1.165) is 17.7 Å². The summed E-state index contributed by atoms with van der Waals surface area (Å²) in [6.07, 6.45) is 4.59. The number of allylic oxidation sites excluding steroid dienone is 3. The number of ketones is 1. The Morgan fingerprint density at radius 3 is 2.71 bits per heavy atom. The molecular formula is C21H25N5O2. The van der Waals surface area contributed by atoms with E-state index in [1.165, 1.54) is 0 Å². The van der Waals surface area contributed by atoms with Gasteiger partial charge in [0.2, 0.25) is 0 Å². The molecular weight excluding hydrogens is 354 g/mol. The van der Waals surface area contributed by atoms with E-state index in [1.54, 1.807) is 12.4 Å². The van der Waals surface area contributed by atoms with Gasteiger partial charge in [-0.1, -0.05) is 19.9 Å². The molecule has 146 valence electrons. The molecule has 7 heteroatoms. The van der Waals surface area contributed by atoms with Crippen LogP contribution in [0.25, 0.3) is 0 Å². The molecule has 1 aromatic heterocycles. The summed E-state index contributed by atoms with van der Waals surface area (Å²) in [5.41, 5.74) is 9.23. The van der Waals surface area contributed by atoms with Gasteiger partial charge in [-0.25, -0.2) is 5.01 Å². The van der Waals surface area contributed by atoms with E-state index in [4.69, 9.17) is 10.5 Å². The molecule has 0 saturated carbocycles. The van der Waals surface area contributed by atoms with Crippen LogP contribution in [0.1, 0.15) is 38.2 Å². The van der Waals surface area contributed by atoms with Crippen LogP contribution in [0.5, 0.6) is 0 Å². The lowest BCUT2D eigenvalue weighted by atomic mass is 9.69. The Labute approximate surface area is 165 Å². The number of morpholine rings is 1. The van der Waals surface area contributed by atoms with Crippen LogP contribution in [-0.4, -0.2) is 47.1 Å². The quantitative estimate of drug-likeness (QED) is 0.840. The molecule has 7 nitrogen and oxygen atoms in total. The van der Waals surface area contributed by atoms with E-state index in [-0.39, 0.29) is 11.2 Å². The van der Waals surface area contributed by atoms with Crippen molar-refractivity contribution >= 4 is 5.78 Å². The van der Waals surface area contributed by atoms with Gasteiger partial charge >= 0.3 is 0 Å². The first-order chi connectivity index (χ1) is 13.4. The van der Waals surface area contributed by atoms with Crippen LogP contribution in [0.3, 0.4) is 0 Å². The summed E-state index contributed by atoms with van der Waals surface area (Å²) < 4.78 is 5.49. The van der Waals surface area contributed by atoms with Crippen molar-refractivity contribution < 1.29 is 9.53 Å². The fourth-order valence-corrected chi connectivity index (χ4v) is 4.45. The standard InChI is InChI=1S/C21H25N5O2/c1-21(2)10-16-19(17(27)11-21)18(14-4-3-5-24-13-14)15(12-22)20(23)26(16)25-6-8-28-9-7-25/h3-5,13,18H,6-11,23H2,1-2H3/t18-/m0/s1. The minimum atomic E-state index is -0.463. The number of carbonyl (C=O) groups is 1. The molecule has 1 aliphatic carbocycles. The number of nitriles is 1. The number of Topliss-reactive ketones (excluding diaryl/α,β-unsaturated/α-hetero) is 1. The molecule has 1 fully saturated rings. The summed E-state index contributed by atoms with van der Waals surface area (Å²) in [5.74, 6) is 0.0238. The van der Waals surface area contributed by atoms with Crippen LogP contribution in [-0.2, 0) is 9.53 Å². The number of carbonyl (C=O) groups excluding carboxylic acids is 1. The molecule has 28 heavy (non-hydrogen) atoms. The summed E-state index contributed by atoms with van der Waals surface area (Å²) >= 11 is 0. The third kappa shape index (κ3) is 3.09. The second-order valence-electron chi connectivity index (χ2n) is 8.31. The zero-order valence-electron chi connectivity index (χ0n) is 16.3. The molecule has 4 rings (SSSR count). The largest absolute Gasteiger partial charge is 0.383 e. The third-order valence-corrected chi connectivity index (χ3v) is 5.64. The average molecular weight is 379 g/mol. The topological polar surface area (TPSA) is 95.5 Å².